The highest BCUT2D eigenvalue weighted by molar-refractivity contribution is 5.14. The van der Waals surface area contributed by atoms with Gasteiger partial charge in [0.2, 0.25) is 0 Å². The molecule has 1 unspecified atom stereocenters. The van der Waals surface area contributed by atoms with Gasteiger partial charge < -0.3 is 0 Å². The van der Waals surface area contributed by atoms with E-state index in [-0.39, 0.29) is 6.52 Å². The van der Waals surface area contributed by atoms with Crippen molar-refractivity contribution in [2.45, 2.75) is 19.4 Å². The summed E-state index contributed by atoms with van der Waals surface area (Å²) >= 11 is 0. The molecule has 0 aromatic heterocycles. The average Bonchev–Trinajstić information content (AvgIpc) is 2.56. The van der Waals surface area contributed by atoms with Crippen LogP contribution >= 0.6 is 0 Å². The lowest BCUT2D eigenvalue weighted by molar-refractivity contribution is 0.331. The van der Waals surface area contributed by atoms with Crippen molar-refractivity contribution in [3.8, 4) is 0 Å². The summed E-state index contributed by atoms with van der Waals surface area (Å²) in [6.07, 6.45) is 2.09. The summed E-state index contributed by atoms with van der Waals surface area (Å²) in [6.45, 7) is 1.70. The van der Waals surface area contributed by atoms with Crippen molar-refractivity contribution in [2.75, 3.05) is 13.1 Å². The van der Waals surface area contributed by atoms with Gasteiger partial charge in [-0.3, -0.25) is 4.90 Å². The summed E-state index contributed by atoms with van der Waals surface area (Å²) in [7, 11) is 0. The molecule has 64 valence electrons. The normalized spacial score (nSPS) is 26.8. The molecule has 1 aromatic carbocycles. The van der Waals surface area contributed by atoms with Gasteiger partial charge >= 0.3 is 0 Å². The Hall–Kier alpha value is -0.820. The Balaban J connectivity index is 2.07. The van der Waals surface area contributed by atoms with Crippen molar-refractivity contribution in [2.24, 2.45) is 0 Å². The van der Waals surface area contributed by atoms with E-state index in [1.54, 1.807) is 0 Å². The fourth-order valence-electron chi connectivity index (χ4n) is 1.55. The number of rotatable bonds is 2. The highest BCUT2D eigenvalue weighted by Gasteiger charge is 2.10. The summed E-state index contributed by atoms with van der Waals surface area (Å²) in [4.78, 5) is 2.13. The molecule has 1 heteroatoms. The highest BCUT2D eigenvalue weighted by atomic mass is 15.1. The van der Waals surface area contributed by atoms with E-state index in [1.165, 1.54) is 0 Å². The standard InChI is InChI=1S/C11H15N/c1-2-6-11(7-3-1)10-12-8-4-5-9-12/h1-3,6-7H,4-5,8-10H2/i6D,8D. The molecule has 1 aliphatic rings. The minimum absolute atomic E-state index is 0.0605. The van der Waals surface area contributed by atoms with Crippen LogP contribution < -0.4 is 0 Å². The second-order valence-electron chi connectivity index (χ2n) is 3.18. The van der Waals surface area contributed by atoms with Gasteiger partial charge in [-0.2, -0.15) is 0 Å². The summed E-state index contributed by atoms with van der Waals surface area (Å²) in [5.74, 6) is 0. The number of benzene rings is 1. The summed E-state index contributed by atoms with van der Waals surface area (Å²) in [6, 6.07) is 8.22. The maximum atomic E-state index is 7.77. The van der Waals surface area contributed by atoms with Crippen LogP contribution in [-0.4, -0.2) is 18.0 Å². The van der Waals surface area contributed by atoms with Gasteiger partial charge in [-0.05, 0) is 31.5 Å². The second kappa shape index (κ2) is 3.72. The van der Waals surface area contributed by atoms with E-state index < -0.39 is 0 Å². The van der Waals surface area contributed by atoms with E-state index in [1.807, 2.05) is 24.3 Å². The van der Waals surface area contributed by atoms with Crippen LogP contribution in [0.25, 0.3) is 0 Å². The lowest BCUT2D eigenvalue weighted by Gasteiger charge is -2.13. The van der Waals surface area contributed by atoms with Gasteiger partial charge in [0.25, 0.3) is 0 Å². The number of hydrogen-bond donors (Lipinski definition) is 0. The SMILES string of the molecule is [2H]c1ccccc1CN1CCCC1[2H]. The van der Waals surface area contributed by atoms with Crippen molar-refractivity contribution < 1.29 is 2.74 Å². The molecule has 1 aliphatic heterocycles. The minimum atomic E-state index is -0.0605. The summed E-state index contributed by atoms with van der Waals surface area (Å²) in [5.41, 5.74) is 1.03. The van der Waals surface area contributed by atoms with Crippen molar-refractivity contribution in [3.63, 3.8) is 0 Å². The first-order valence-corrected chi connectivity index (χ1v) is 4.48. The van der Waals surface area contributed by atoms with Crippen LogP contribution in [-0.2, 0) is 6.54 Å². The van der Waals surface area contributed by atoms with E-state index in [2.05, 4.69) is 4.90 Å². The monoisotopic (exact) mass is 163 g/mol. The van der Waals surface area contributed by atoms with E-state index in [0.717, 1.165) is 31.5 Å². The Labute approximate surface area is 76.8 Å². The predicted octanol–water partition coefficient (Wildman–Crippen LogP) is 2.28. The van der Waals surface area contributed by atoms with E-state index in [4.69, 9.17) is 2.74 Å². The molecule has 1 fully saturated rings. The van der Waals surface area contributed by atoms with Crippen LogP contribution in [0, 0.1) is 0 Å². The fraction of sp³-hybridized carbons (Fsp3) is 0.455. The van der Waals surface area contributed by atoms with Crippen LogP contribution in [0.15, 0.2) is 30.3 Å². The first kappa shape index (κ1) is 5.76. The quantitative estimate of drug-likeness (QED) is 0.646. The zero-order valence-corrected chi connectivity index (χ0v) is 7.16. The number of likely N-dealkylation sites (tertiary alicyclic amines) is 1. The highest BCUT2D eigenvalue weighted by Crippen LogP contribution is 2.11. The van der Waals surface area contributed by atoms with Crippen LogP contribution in [0.2, 0.25) is 0 Å². The van der Waals surface area contributed by atoms with Crippen molar-refractivity contribution in [1.82, 2.24) is 4.90 Å². The molecule has 0 spiro atoms. The molecular weight excluding hydrogens is 146 g/mol. The maximum absolute atomic E-state index is 7.77. The zero-order chi connectivity index (χ0) is 9.97. The first-order valence-electron chi connectivity index (χ1n) is 5.56. The molecule has 1 aromatic rings. The fourth-order valence-corrected chi connectivity index (χ4v) is 1.55. The van der Waals surface area contributed by atoms with Gasteiger partial charge in [0, 0.05) is 7.92 Å². The van der Waals surface area contributed by atoms with Gasteiger partial charge in [-0.1, -0.05) is 30.3 Å². The lowest BCUT2D eigenvalue weighted by atomic mass is 10.2. The van der Waals surface area contributed by atoms with Gasteiger partial charge in [0.05, 0.1) is 1.37 Å². The maximum Gasteiger partial charge on any atom is 0.0626 e. The Morgan fingerprint density at radius 3 is 3.17 bits per heavy atom. The molecule has 0 amide bonds. The predicted molar refractivity (Wildman–Crippen MR) is 51.0 cm³/mol. The third-order valence-corrected chi connectivity index (χ3v) is 2.18. The summed E-state index contributed by atoms with van der Waals surface area (Å²) < 4.78 is 15.5. The Kier molecular flexibility index (Phi) is 1.79. The molecule has 1 saturated heterocycles. The molecule has 0 aliphatic carbocycles. The van der Waals surface area contributed by atoms with Crippen LogP contribution in [0.3, 0.4) is 0 Å². The van der Waals surface area contributed by atoms with Gasteiger partial charge in [-0.15, -0.1) is 0 Å². The third-order valence-electron chi connectivity index (χ3n) is 2.18. The minimum Gasteiger partial charge on any atom is -0.299 e. The lowest BCUT2D eigenvalue weighted by Crippen LogP contribution is -2.18. The zero-order valence-electron chi connectivity index (χ0n) is 9.16. The Morgan fingerprint density at radius 2 is 2.42 bits per heavy atom. The molecule has 0 saturated carbocycles. The molecule has 2 rings (SSSR count). The molecule has 1 heterocycles. The van der Waals surface area contributed by atoms with E-state index in [0.29, 0.717) is 6.04 Å². The molecule has 1 atom stereocenters. The van der Waals surface area contributed by atoms with Gasteiger partial charge in [0.1, 0.15) is 0 Å². The first-order chi connectivity index (χ1) is 6.77. The van der Waals surface area contributed by atoms with E-state index >= 15 is 0 Å². The Morgan fingerprint density at radius 1 is 1.42 bits per heavy atom. The molecule has 12 heavy (non-hydrogen) atoms. The molecule has 0 bridgehead atoms. The third kappa shape index (κ3) is 1.86. The number of hydrogen-bond acceptors (Lipinski definition) is 1. The summed E-state index contributed by atoms with van der Waals surface area (Å²) in [5, 5.41) is 0. The smallest absolute Gasteiger partial charge is 0.0626 e. The molecule has 0 N–H and O–H groups in total. The second-order valence-corrected chi connectivity index (χ2v) is 3.18. The largest absolute Gasteiger partial charge is 0.299 e. The molecule has 0 radical (unpaired) electrons. The number of nitrogens with zero attached hydrogens (tertiary/aromatic N) is 1. The van der Waals surface area contributed by atoms with Crippen molar-refractivity contribution >= 4 is 0 Å². The average molecular weight is 163 g/mol. The van der Waals surface area contributed by atoms with Crippen molar-refractivity contribution in [1.29, 1.82) is 0 Å². The van der Waals surface area contributed by atoms with Gasteiger partial charge in [-0.25, -0.2) is 0 Å². The van der Waals surface area contributed by atoms with Crippen molar-refractivity contribution in [3.05, 3.63) is 35.9 Å². The Bertz CT molecular complexity index is 314. The molecule has 1 nitrogen and oxygen atoms in total. The van der Waals surface area contributed by atoms with Gasteiger partial charge in [0.15, 0.2) is 0 Å². The van der Waals surface area contributed by atoms with Crippen LogP contribution in [0.5, 0.6) is 0 Å². The topological polar surface area (TPSA) is 3.24 Å². The van der Waals surface area contributed by atoms with Crippen LogP contribution in [0.4, 0.5) is 0 Å². The van der Waals surface area contributed by atoms with Crippen LogP contribution in [0.1, 0.15) is 21.1 Å². The molecular formula is C11H15N. The van der Waals surface area contributed by atoms with E-state index in [9.17, 15) is 0 Å².